The second-order valence-corrected chi connectivity index (χ2v) is 2.57. The van der Waals surface area contributed by atoms with Crippen LogP contribution < -0.4 is 0 Å². The van der Waals surface area contributed by atoms with Crippen molar-refractivity contribution in [1.82, 2.24) is 4.98 Å². The number of aromatic nitrogens is 1. The average Bonchev–Trinajstić information content (AvgIpc) is 2.08. The van der Waals surface area contributed by atoms with Crippen LogP contribution in [0.5, 0.6) is 0 Å². The Morgan fingerprint density at radius 3 is 2.62 bits per heavy atom. The SMILES string of the molecule is Cc1c(F)ncc(CO)c1C(F)F. The van der Waals surface area contributed by atoms with E-state index in [0.29, 0.717) is 0 Å². The van der Waals surface area contributed by atoms with E-state index in [1.54, 1.807) is 0 Å². The van der Waals surface area contributed by atoms with Gasteiger partial charge in [0.15, 0.2) is 0 Å². The monoisotopic (exact) mass is 191 g/mol. The van der Waals surface area contributed by atoms with Crippen LogP contribution in [0.4, 0.5) is 13.2 Å². The third kappa shape index (κ3) is 1.80. The van der Waals surface area contributed by atoms with E-state index in [2.05, 4.69) is 4.98 Å². The van der Waals surface area contributed by atoms with Crippen LogP contribution in [0.15, 0.2) is 6.20 Å². The molecule has 0 aromatic carbocycles. The van der Waals surface area contributed by atoms with Gasteiger partial charge in [0, 0.05) is 22.9 Å². The molecule has 0 aliphatic carbocycles. The molecule has 2 nitrogen and oxygen atoms in total. The largest absolute Gasteiger partial charge is 0.392 e. The first-order valence-electron chi connectivity index (χ1n) is 3.60. The maximum Gasteiger partial charge on any atom is 0.264 e. The molecular weight excluding hydrogens is 183 g/mol. The molecule has 0 atom stereocenters. The lowest BCUT2D eigenvalue weighted by Gasteiger charge is -2.09. The summed E-state index contributed by atoms with van der Waals surface area (Å²) < 4.78 is 37.4. The Morgan fingerprint density at radius 1 is 1.54 bits per heavy atom. The van der Waals surface area contributed by atoms with Crippen molar-refractivity contribution >= 4 is 0 Å². The van der Waals surface area contributed by atoms with E-state index < -0.39 is 24.5 Å². The summed E-state index contributed by atoms with van der Waals surface area (Å²) in [6.07, 6.45) is -1.87. The quantitative estimate of drug-likeness (QED) is 0.725. The molecule has 0 bridgehead atoms. The number of hydrogen-bond acceptors (Lipinski definition) is 2. The summed E-state index contributed by atoms with van der Waals surface area (Å²) in [7, 11) is 0. The highest BCUT2D eigenvalue weighted by molar-refractivity contribution is 5.32. The van der Waals surface area contributed by atoms with Gasteiger partial charge in [-0.2, -0.15) is 4.39 Å². The van der Waals surface area contributed by atoms with E-state index in [0.717, 1.165) is 6.20 Å². The van der Waals surface area contributed by atoms with Crippen LogP contribution >= 0.6 is 0 Å². The number of hydrogen-bond donors (Lipinski definition) is 1. The van der Waals surface area contributed by atoms with Crippen LogP contribution in [0.2, 0.25) is 0 Å². The molecule has 0 saturated carbocycles. The Morgan fingerprint density at radius 2 is 2.15 bits per heavy atom. The molecule has 72 valence electrons. The molecule has 13 heavy (non-hydrogen) atoms. The summed E-state index contributed by atoms with van der Waals surface area (Å²) in [6.45, 7) is 0.650. The van der Waals surface area contributed by atoms with Gasteiger partial charge in [0.25, 0.3) is 6.43 Å². The standard InChI is InChI=1S/C8H8F3NO/c1-4-6(7(9)10)5(3-13)2-12-8(4)11/h2,7,13H,3H2,1H3. The third-order valence-corrected chi connectivity index (χ3v) is 1.78. The van der Waals surface area contributed by atoms with E-state index in [1.165, 1.54) is 6.92 Å². The van der Waals surface area contributed by atoms with Crippen LogP contribution in [-0.4, -0.2) is 10.1 Å². The maximum absolute atomic E-state index is 12.7. The molecule has 0 fully saturated rings. The Balaban J connectivity index is 3.32. The summed E-state index contributed by atoms with van der Waals surface area (Å²) in [5, 5.41) is 8.69. The first-order valence-corrected chi connectivity index (χ1v) is 3.60. The van der Waals surface area contributed by atoms with E-state index in [9.17, 15) is 13.2 Å². The van der Waals surface area contributed by atoms with Crippen molar-refractivity contribution in [1.29, 1.82) is 0 Å². The van der Waals surface area contributed by atoms with Crippen molar-refractivity contribution in [2.45, 2.75) is 20.0 Å². The van der Waals surface area contributed by atoms with Gasteiger partial charge < -0.3 is 5.11 Å². The molecule has 0 aliphatic rings. The fourth-order valence-corrected chi connectivity index (χ4v) is 1.08. The van der Waals surface area contributed by atoms with Crippen molar-refractivity contribution in [2.75, 3.05) is 0 Å². The fraction of sp³-hybridized carbons (Fsp3) is 0.375. The highest BCUT2D eigenvalue weighted by Crippen LogP contribution is 2.26. The zero-order valence-electron chi connectivity index (χ0n) is 6.89. The second kappa shape index (κ2) is 3.74. The molecular formula is C8H8F3NO. The predicted octanol–water partition coefficient (Wildman–Crippen LogP) is 1.96. The van der Waals surface area contributed by atoms with Crippen molar-refractivity contribution in [3.8, 4) is 0 Å². The fourth-order valence-electron chi connectivity index (χ4n) is 1.08. The summed E-state index contributed by atoms with van der Waals surface area (Å²) in [4.78, 5) is 3.23. The number of alkyl halides is 2. The van der Waals surface area contributed by atoms with Gasteiger partial charge in [-0.15, -0.1) is 0 Å². The molecule has 1 aromatic heterocycles. The smallest absolute Gasteiger partial charge is 0.264 e. The lowest BCUT2D eigenvalue weighted by atomic mass is 10.1. The van der Waals surface area contributed by atoms with Gasteiger partial charge in [-0.1, -0.05) is 0 Å². The Kier molecular flexibility index (Phi) is 2.87. The van der Waals surface area contributed by atoms with Gasteiger partial charge in [-0.05, 0) is 6.92 Å². The van der Waals surface area contributed by atoms with E-state index in [4.69, 9.17) is 5.11 Å². The second-order valence-electron chi connectivity index (χ2n) is 2.57. The highest BCUT2D eigenvalue weighted by atomic mass is 19.3. The number of rotatable bonds is 2. The zero-order chi connectivity index (χ0) is 10.0. The number of nitrogens with zero attached hydrogens (tertiary/aromatic N) is 1. The molecule has 0 unspecified atom stereocenters. The van der Waals surface area contributed by atoms with Gasteiger partial charge >= 0.3 is 0 Å². The maximum atomic E-state index is 12.7. The van der Waals surface area contributed by atoms with Crippen LogP contribution in [-0.2, 0) is 6.61 Å². The molecule has 0 radical (unpaired) electrons. The van der Waals surface area contributed by atoms with Gasteiger partial charge in [0.05, 0.1) is 6.61 Å². The number of aliphatic hydroxyl groups excluding tert-OH is 1. The van der Waals surface area contributed by atoms with Crippen molar-refractivity contribution in [2.24, 2.45) is 0 Å². The summed E-state index contributed by atoms with van der Waals surface area (Å²) in [5.41, 5.74) is -0.703. The van der Waals surface area contributed by atoms with Crippen LogP contribution in [0.25, 0.3) is 0 Å². The third-order valence-electron chi connectivity index (χ3n) is 1.78. The Hall–Kier alpha value is -1.10. The first-order chi connectivity index (χ1) is 6.07. The minimum atomic E-state index is -2.79. The summed E-state index contributed by atoms with van der Waals surface area (Å²) in [6, 6.07) is 0. The topological polar surface area (TPSA) is 33.1 Å². The van der Waals surface area contributed by atoms with E-state index in [-0.39, 0.29) is 11.1 Å². The van der Waals surface area contributed by atoms with Gasteiger partial charge in [0.2, 0.25) is 5.95 Å². The molecule has 1 rings (SSSR count). The lowest BCUT2D eigenvalue weighted by Crippen LogP contribution is -2.02. The molecule has 1 N–H and O–H groups in total. The minimum absolute atomic E-state index is 0.0334. The molecule has 0 saturated heterocycles. The molecule has 0 amide bonds. The van der Waals surface area contributed by atoms with Crippen molar-refractivity contribution < 1.29 is 18.3 Å². The first kappa shape index (κ1) is 9.98. The minimum Gasteiger partial charge on any atom is -0.392 e. The van der Waals surface area contributed by atoms with Crippen molar-refractivity contribution in [3.05, 3.63) is 28.8 Å². The Bertz CT molecular complexity index is 315. The van der Waals surface area contributed by atoms with E-state index in [1.807, 2.05) is 0 Å². The van der Waals surface area contributed by atoms with Crippen LogP contribution in [0.3, 0.4) is 0 Å². The van der Waals surface area contributed by atoms with Gasteiger partial charge in [0.1, 0.15) is 0 Å². The highest BCUT2D eigenvalue weighted by Gasteiger charge is 2.18. The molecule has 1 aromatic rings. The Labute approximate surface area is 73.0 Å². The summed E-state index contributed by atoms with van der Waals surface area (Å²) >= 11 is 0. The molecule has 0 aliphatic heterocycles. The average molecular weight is 191 g/mol. The van der Waals surface area contributed by atoms with E-state index >= 15 is 0 Å². The molecule has 5 heteroatoms. The number of aliphatic hydroxyl groups is 1. The summed E-state index contributed by atoms with van der Waals surface area (Å²) in [5.74, 6) is -0.924. The van der Waals surface area contributed by atoms with Gasteiger partial charge in [-0.25, -0.2) is 13.8 Å². The normalized spacial score (nSPS) is 10.9. The molecule has 1 heterocycles. The zero-order valence-corrected chi connectivity index (χ0v) is 6.89. The predicted molar refractivity (Wildman–Crippen MR) is 39.8 cm³/mol. The van der Waals surface area contributed by atoms with Gasteiger partial charge in [-0.3, -0.25) is 0 Å². The van der Waals surface area contributed by atoms with Crippen LogP contribution in [0, 0.1) is 12.9 Å². The molecule has 0 spiro atoms. The van der Waals surface area contributed by atoms with Crippen molar-refractivity contribution in [3.63, 3.8) is 0 Å². The number of pyridine rings is 1. The number of halogens is 3. The lowest BCUT2D eigenvalue weighted by molar-refractivity contribution is 0.145. The van der Waals surface area contributed by atoms with Crippen LogP contribution in [0.1, 0.15) is 23.1 Å².